The van der Waals surface area contributed by atoms with Crippen molar-refractivity contribution in [3.63, 3.8) is 0 Å². The first kappa shape index (κ1) is 13.3. The number of nitrogen functional groups attached to an aromatic ring is 2. The van der Waals surface area contributed by atoms with Crippen LogP contribution in [0.25, 0.3) is 0 Å². The molecule has 0 saturated carbocycles. The van der Waals surface area contributed by atoms with Gasteiger partial charge < -0.3 is 22.3 Å². The highest BCUT2D eigenvalue weighted by Gasteiger charge is 2.06. The molecular weight excluding hydrogens is 258 g/mol. The lowest BCUT2D eigenvalue weighted by Crippen LogP contribution is -2.10. The summed E-state index contributed by atoms with van der Waals surface area (Å²) in [5.41, 5.74) is 17.9. The number of carbonyl (C=O) groups excluding carboxylic acids is 1. The van der Waals surface area contributed by atoms with Gasteiger partial charge in [-0.15, -0.1) is 5.11 Å². The molecule has 0 aliphatic carbocycles. The molecule has 0 heterocycles. The Bertz CT molecular complexity index is 657. The Kier molecular flexibility index (Phi) is 3.52. The van der Waals surface area contributed by atoms with Crippen LogP contribution in [0.5, 0.6) is 5.75 Å². The summed E-state index contributed by atoms with van der Waals surface area (Å²) >= 11 is 0. The first-order valence-corrected chi connectivity index (χ1v) is 5.67. The lowest BCUT2D eigenvalue weighted by Gasteiger charge is -2.03. The smallest absolute Gasteiger partial charge is 0.248 e. The Morgan fingerprint density at radius 3 is 2.25 bits per heavy atom. The van der Waals surface area contributed by atoms with Gasteiger partial charge in [0.2, 0.25) is 5.91 Å². The summed E-state index contributed by atoms with van der Waals surface area (Å²) in [5.74, 6) is -0.672. The number of rotatable bonds is 3. The van der Waals surface area contributed by atoms with Crippen molar-refractivity contribution in [3.8, 4) is 5.75 Å². The van der Waals surface area contributed by atoms with E-state index in [1.165, 1.54) is 24.3 Å². The van der Waals surface area contributed by atoms with Gasteiger partial charge in [0.15, 0.2) is 5.69 Å². The van der Waals surface area contributed by atoms with Gasteiger partial charge in [0, 0.05) is 17.3 Å². The molecule has 1 amide bonds. The van der Waals surface area contributed by atoms with E-state index in [0.29, 0.717) is 16.9 Å². The molecule has 0 bridgehead atoms. The first-order chi connectivity index (χ1) is 9.47. The average molecular weight is 271 g/mol. The molecular formula is C13H13N5O2. The van der Waals surface area contributed by atoms with Crippen molar-refractivity contribution in [2.75, 3.05) is 11.5 Å². The molecule has 0 aromatic heterocycles. The van der Waals surface area contributed by atoms with E-state index in [2.05, 4.69) is 10.2 Å². The zero-order chi connectivity index (χ0) is 14.7. The van der Waals surface area contributed by atoms with Crippen LogP contribution in [0.1, 0.15) is 10.4 Å². The summed E-state index contributed by atoms with van der Waals surface area (Å²) in [4.78, 5) is 10.9. The predicted octanol–water partition coefficient (Wildman–Crippen LogP) is 2.07. The number of amides is 1. The van der Waals surface area contributed by atoms with Crippen LogP contribution in [-0.4, -0.2) is 11.0 Å². The van der Waals surface area contributed by atoms with Gasteiger partial charge in [-0.3, -0.25) is 4.79 Å². The summed E-state index contributed by atoms with van der Waals surface area (Å²) in [6.07, 6.45) is 0. The van der Waals surface area contributed by atoms with Crippen molar-refractivity contribution in [3.05, 3.63) is 42.0 Å². The molecule has 7 heteroatoms. The number of azo groups is 1. The normalized spacial score (nSPS) is 10.8. The van der Waals surface area contributed by atoms with Crippen LogP contribution in [-0.2, 0) is 0 Å². The summed E-state index contributed by atoms with van der Waals surface area (Å²) in [7, 11) is 0. The van der Waals surface area contributed by atoms with E-state index in [1.54, 1.807) is 12.1 Å². The summed E-state index contributed by atoms with van der Waals surface area (Å²) in [5, 5.41) is 17.5. The number of hydrogen-bond acceptors (Lipinski definition) is 6. The maximum atomic E-state index is 10.9. The molecule has 102 valence electrons. The van der Waals surface area contributed by atoms with Crippen LogP contribution in [0.4, 0.5) is 22.7 Å². The van der Waals surface area contributed by atoms with Gasteiger partial charge in [-0.05, 0) is 30.3 Å². The van der Waals surface area contributed by atoms with E-state index in [1.807, 2.05) is 0 Å². The van der Waals surface area contributed by atoms with Crippen LogP contribution < -0.4 is 17.2 Å². The molecule has 0 fully saturated rings. The first-order valence-electron chi connectivity index (χ1n) is 5.67. The molecule has 0 aliphatic rings. The highest BCUT2D eigenvalue weighted by atomic mass is 16.3. The fraction of sp³-hybridized carbons (Fsp3) is 0. The number of nitrogens with zero attached hydrogens (tertiary/aromatic N) is 2. The number of phenols is 1. The SMILES string of the molecule is NC(=O)c1ccc(N=Nc2c(N)cc(N)cc2O)cc1. The van der Waals surface area contributed by atoms with E-state index in [9.17, 15) is 9.90 Å². The second kappa shape index (κ2) is 5.27. The van der Waals surface area contributed by atoms with Crippen LogP contribution in [0.15, 0.2) is 46.6 Å². The maximum absolute atomic E-state index is 10.9. The van der Waals surface area contributed by atoms with Crippen LogP contribution in [0.2, 0.25) is 0 Å². The van der Waals surface area contributed by atoms with E-state index in [0.717, 1.165) is 0 Å². The zero-order valence-electron chi connectivity index (χ0n) is 10.4. The fourth-order valence-electron chi connectivity index (χ4n) is 1.57. The number of aromatic hydroxyl groups is 1. The number of hydrogen-bond donors (Lipinski definition) is 4. The standard InChI is InChI=1S/C13H13N5O2/c14-8-5-10(15)12(11(19)6-8)18-17-9-3-1-7(2-4-9)13(16)20/h1-6,19H,14-15H2,(H2,16,20). The Hall–Kier alpha value is -3.09. The molecule has 2 rings (SSSR count). The zero-order valence-corrected chi connectivity index (χ0v) is 10.4. The van der Waals surface area contributed by atoms with Crippen LogP contribution in [0, 0.1) is 0 Å². The van der Waals surface area contributed by atoms with Crippen LogP contribution >= 0.6 is 0 Å². The summed E-state index contributed by atoms with van der Waals surface area (Å²) in [6.45, 7) is 0. The highest BCUT2D eigenvalue weighted by Crippen LogP contribution is 2.36. The van der Waals surface area contributed by atoms with Crippen molar-refractivity contribution >= 4 is 28.7 Å². The van der Waals surface area contributed by atoms with Crippen molar-refractivity contribution in [1.82, 2.24) is 0 Å². The lowest BCUT2D eigenvalue weighted by atomic mass is 10.2. The number of phenolic OH excluding ortho intramolecular Hbond substituents is 1. The van der Waals surface area contributed by atoms with Gasteiger partial charge in [-0.1, -0.05) is 0 Å². The molecule has 0 radical (unpaired) electrons. The topological polar surface area (TPSA) is 140 Å². The number of anilines is 2. The average Bonchev–Trinajstić information content (AvgIpc) is 2.38. The second-order valence-electron chi connectivity index (χ2n) is 4.09. The molecule has 2 aromatic rings. The second-order valence-corrected chi connectivity index (χ2v) is 4.09. The minimum absolute atomic E-state index is 0.137. The number of primary amides is 1. The molecule has 20 heavy (non-hydrogen) atoms. The third-order valence-corrected chi connectivity index (χ3v) is 2.56. The number of carbonyl (C=O) groups is 1. The molecule has 7 nitrogen and oxygen atoms in total. The van der Waals surface area contributed by atoms with Gasteiger partial charge in [0.05, 0.1) is 11.4 Å². The highest BCUT2D eigenvalue weighted by molar-refractivity contribution is 5.93. The minimum atomic E-state index is -0.520. The van der Waals surface area contributed by atoms with Crippen molar-refractivity contribution < 1.29 is 9.90 Å². The minimum Gasteiger partial charge on any atom is -0.505 e. The van der Waals surface area contributed by atoms with Gasteiger partial charge in [0.1, 0.15) is 5.75 Å². The number of nitrogens with two attached hydrogens (primary N) is 3. The van der Waals surface area contributed by atoms with Crippen molar-refractivity contribution in [2.45, 2.75) is 0 Å². The van der Waals surface area contributed by atoms with Gasteiger partial charge in [0.25, 0.3) is 0 Å². The molecule has 0 spiro atoms. The maximum Gasteiger partial charge on any atom is 0.248 e. The molecule has 0 unspecified atom stereocenters. The Morgan fingerprint density at radius 1 is 1.05 bits per heavy atom. The predicted molar refractivity (Wildman–Crippen MR) is 76.1 cm³/mol. The Morgan fingerprint density at radius 2 is 1.70 bits per heavy atom. The lowest BCUT2D eigenvalue weighted by molar-refractivity contribution is 0.100. The van der Waals surface area contributed by atoms with Crippen LogP contribution in [0.3, 0.4) is 0 Å². The fourth-order valence-corrected chi connectivity index (χ4v) is 1.57. The number of benzene rings is 2. The van der Waals surface area contributed by atoms with Crippen molar-refractivity contribution in [2.24, 2.45) is 16.0 Å². The molecule has 2 aromatic carbocycles. The van der Waals surface area contributed by atoms with Gasteiger partial charge >= 0.3 is 0 Å². The van der Waals surface area contributed by atoms with Gasteiger partial charge in [-0.2, -0.15) is 5.11 Å². The largest absolute Gasteiger partial charge is 0.505 e. The van der Waals surface area contributed by atoms with E-state index < -0.39 is 5.91 Å². The molecule has 0 atom stereocenters. The van der Waals surface area contributed by atoms with Gasteiger partial charge in [-0.25, -0.2) is 0 Å². The van der Waals surface area contributed by atoms with Crippen molar-refractivity contribution in [1.29, 1.82) is 0 Å². The quantitative estimate of drug-likeness (QED) is 0.501. The third-order valence-electron chi connectivity index (χ3n) is 2.56. The Labute approximate surface area is 114 Å². The summed E-state index contributed by atoms with van der Waals surface area (Å²) < 4.78 is 0. The molecule has 7 N–H and O–H groups in total. The monoisotopic (exact) mass is 271 g/mol. The molecule has 0 saturated heterocycles. The molecule has 0 aliphatic heterocycles. The third kappa shape index (κ3) is 2.83. The van der Waals surface area contributed by atoms with E-state index in [-0.39, 0.29) is 17.1 Å². The summed E-state index contributed by atoms with van der Waals surface area (Å²) in [6, 6.07) is 9.03. The van der Waals surface area contributed by atoms with E-state index >= 15 is 0 Å². The Balaban J connectivity index is 2.27. The van der Waals surface area contributed by atoms with E-state index in [4.69, 9.17) is 17.2 Å².